The van der Waals surface area contributed by atoms with E-state index in [0.29, 0.717) is 38.3 Å². The summed E-state index contributed by atoms with van der Waals surface area (Å²) in [7, 11) is -0.404. The minimum absolute atomic E-state index is 0.145. The number of carbonyl (C=O) groups is 2. The molecule has 3 aromatic rings. The fourth-order valence-electron chi connectivity index (χ4n) is 4.38. The van der Waals surface area contributed by atoms with Crippen molar-refractivity contribution >= 4 is 21.8 Å². The van der Waals surface area contributed by atoms with E-state index in [2.05, 4.69) is 10.0 Å². The highest BCUT2D eigenvalue weighted by Gasteiger charge is 2.30. The van der Waals surface area contributed by atoms with Crippen LogP contribution in [0.3, 0.4) is 0 Å². The lowest BCUT2D eigenvalue weighted by atomic mass is 10.0. The summed E-state index contributed by atoms with van der Waals surface area (Å²) < 4.78 is 37.4. The quantitative estimate of drug-likeness (QED) is 0.251. The van der Waals surface area contributed by atoms with E-state index in [1.54, 1.807) is 38.2 Å². The average molecular weight is 582 g/mol. The van der Waals surface area contributed by atoms with Gasteiger partial charge in [0.25, 0.3) is 0 Å². The summed E-state index contributed by atoms with van der Waals surface area (Å²) in [6.07, 6.45) is 0.882. The molecule has 0 spiro atoms. The van der Waals surface area contributed by atoms with Crippen molar-refractivity contribution in [1.82, 2.24) is 14.9 Å². The van der Waals surface area contributed by atoms with Crippen molar-refractivity contribution in [1.29, 1.82) is 0 Å². The summed E-state index contributed by atoms with van der Waals surface area (Å²) in [5, 5.41) is 2.91. The molecule has 0 saturated heterocycles. The Labute approximate surface area is 242 Å². The molecule has 0 aliphatic carbocycles. The molecule has 3 aromatic carbocycles. The van der Waals surface area contributed by atoms with E-state index in [-0.39, 0.29) is 29.7 Å². The van der Waals surface area contributed by atoms with Crippen molar-refractivity contribution in [2.75, 3.05) is 33.9 Å². The van der Waals surface area contributed by atoms with Gasteiger partial charge in [0.05, 0.1) is 18.6 Å². The van der Waals surface area contributed by atoms with Crippen molar-refractivity contribution in [3.05, 3.63) is 95.6 Å². The van der Waals surface area contributed by atoms with Crippen molar-refractivity contribution in [3.63, 3.8) is 0 Å². The summed E-state index contributed by atoms with van der Waals surface area (Å²) in [4.78, 5) is 29.1. The van der Waals surface area contributed by atoms with Gasteiger partial charge in [0.15, 0.2) is 0 Å². The Kier molecular flexibility index (Phi) is 12.3. The first-order valence-electron chi connectivity index (χ1n) is 13.6. The number of aryl methyl sites for hydroxylation is 1. The minimum atomic E-state index is -3.56. The first kappa shape index (κ1) is 31.8. The topological polar surface area (TPSA) is 114 Å². The zero-order chi connectivity index (χ0) is 29.7. The SMILES string of the molecule is CCNS(=O)(=O)c1ccc(CCC(=O)N(Cc2ccc(OC)cc2)[C@@H](Cc2ccccc2)C(=O)NCCOC)cc1. The minimum Gasteiger partial charge on any atom is -0.497 e. The van der Waals surface area contributed by atoms with Gasteiger partial charge in [0.2, 0.25) is 21.8 Å². The summed E-state index contributed by atoms with van der Waals surface area (Å²) >= 11 is 0. The van der Waals surface area contributed by atoms with Gasteiger partial charge < -0.3 is 19.7 Å². The number of hydrogen-bond acceptors (Lipinski definition) is 6. The lowest BCUT2D eigenvalue weighted by molar-refractivity contribution is -0.141. The van der Waals surface area contributed by atoms with Gasteiger partial charge in [0, 0.05) is 39.6 Å². The predicted molar refractivity (Wildman–Crippen MR) is 158 cm³/mol. The number of sulfonamides is 1. The number of carbonyl (C=O) groups excluding carboxylic acids is 2. The highest BCUT2D eigenvalue weighted by Crippen LogP contribution is 2.19. The van der Waals surface area contributed by atoms with E-state index in [9.17, 15) is 18.0 Å². The molecule has 0 heterocycles. The maximum absolute atomic E-state index is 13.8. The van der Waals surface area contributed by atoms with E-state index >= 15 is 0 Å². The number of ether oxygens (including phenoxy) is 2. The standard InChI is InChI=1S/C31H39N3O6S/c1-4-33-41(37,38)28-17-12-24(13-18-28)14-19-30(35)34(23-26-10-15-27(40-3)16-11-26)29(31(36)32-20-21-39-2)22-25-8-6-5-7-9-25/h5-13,15-18,29,33H,4,14,19-23H2,1-3H3,(H,32,36)/t29-/m0/s1. The van der Waals surface area contributed by atoms with Crippen LogP contribution in [0.5, 0.6) is 5.75 Å². The van der Waals surface area contributed by atoms with Crippen LogP contribution in [0.15, 0.2) is 83.8 Å². The van der Waals surface area contributed by atoms with Crippen molar-refractivity contribution in [3.8, 4) is 5.75 Å². The van der Waals surface area contributed by atoms with Crippen LogP contribution < -0.4 is 14.8 Å². The third-order valence-electron chi connectivity index (χ3n) is 6.58. The van der Waals surface area contributed by atoms with Crippen LogP contribution in [0.2, 0.25) is 0 Å². The van der Waals surface area contributed by atoms with Crippen LogP contribution in [0.25, 0.3) is 0 Å². The molecule has 0 saturated carbocycles. The molecule has 0 fully saturated rings. The number of methoxy groups -OCH3 is 2. The van der Waals surface area contributed by atoms with Gasteiger partial charge in [-0.2, -0.15) is 0 Å². The van der Waals surface area contributed by atoms with E-state index in [0.717, 1.165) is 16.7 Å². The first-order valence-corrected chi connectivity index (χ1v) is 15.1. The Morgan fingerprint density at radius 2 is 1.54 bits per heavy atom. The zero-order valence-corrected chi connectivity index (χ0v) is 24.7. The normalized spacial score (nSPS) is 12.0. The number of nitrogens with zero attached hydrogens (tertiary/aromatic N) is 1. The molecule has 0 unspecified atom stereocenters. The molecule has 0 aliphatic rings. The molecule has 0 bridgehead atoms. The highest BCUT2D eigenvalue weighted by molar-refractivity contribution is 7.89. The van der Waals surface area contributed by atoms with Gasteiger partial charge in [0.1, 0.15) is 11.8 Å². The van der Waals surface area contributed by atoms with Crippen molar-refractivity contribution in [2.24, 2.45) is 0 Å². The predicted octanol–water partition coefficient (Wildman–Crippen LogP) is 3.33. The number of hydrogen-bond donors (Lipinski definition) is 2. The van der Waals surface area contributed by atoms with Gasteiger partial charge in [-0.1, -0.05) is 61.5 Å². The Bertz CT molecular complexity index is 1350. The molecule has 9 nitrogen and oxygen atoms in total. The third-order valence-corrected chi connectivity index (χ3v) is 8.15. The zero-order valence-electron chi connectivity index (χ0n) is 23.8. The second-order valence-corrected chi connectivity index (χ2v) is 11.3. The van der Waals surface area contributed by atoms with Gasteiger partial charge in [-0.25, -0.2) is 13.1 Å². The van der Waals surface area contributed by atoms with E-state index in [4.69, 9.17) is 9.47 Å². The third kappa shape index (κ3) is 9.70. The van der Waals surface area contributed by atoms with E-state index in [1.165, 1.54) is 12.1 Å². The summed E-state index contributed by atoms with van der Waals surface area (Å²) in [5.41, 5.74) is 2.62. The molecular formula is C31H39N3O6S. The van der Waals surface area contributed by atoms with Gasteiger partial charge >= 0.3 is 0 Å². The highest BCUT2D eigenvalue weighted by atomic mass is 32.2. The number of rotatable bonds is 16. The Hall–Kier alpha value is -3.73. The molecule has 1 atom stereocenters. The Morgan fingerprint density at radius 1 is 0.878 bits per heavy atom. The molecule has 2 amide bonds. The maximum Gasteiger partial charge on any atom is 0.243 e. The molecule has 220 valence electrons. The summed E-state index contributed by atoms with van der Waals surface area (Å²) in [5.74, 6) is 0.253. The second kappa shape index (κ2) is 15.9. The smallest absolute Gasteiger partial charge is 0.243 e. The molecule has 0 aliphatic heterocycles. The lowest BCUT2D eigenvalue weighted by Crippen LogP contribution is -2.51. The van der Waals surface area contributed by atoms with Gasteiger partial charge in [-0.05, 0) is 47.4 Å². The molecule has 3 rings (SSSR count). The summed E-state index contributed by atoms with van der Waals surface area (Å²) in [6, 6.07) is 22.8. The molecule has 2 N–H and O–H groups in total. The van der Waals surface area contributed by atoms with E-state index < -0.39 is 16.1 Å². The molecular weight excluding hydrogens is 542 g/mol. The van der Waals surface area contributed by atoms with Crippen LogP contribution in [-0.2, 0) is 43.7 Å². The average Bonchev–Trinajstić information content (AvgIpc) is 2.98. The van der Waals surface area contributed by atoms with Gasteiger partial charge in [-0.3, -0.25) is 9.59 Å². The van der Waals surface area contributed by atoms with Crippen LogP contribution in [0, 0.1) is 0 Å². The van der Waals surface area contributed by atoms with Crippen molar-refractivity contribution in [2.45, 2.75) is 43.7 Å². The number of benzene rings is 3. The fourth-order valence-corrected chi connectivity index (χ4v) is 5.42. The maximum atomic E-state index is 13.8. The van der Waals surface area contributed by atoms with Crippen LogP contribution in [-0.4, -0.2) is 65.1 Å². The molecule has 0 aromatic heterocycles. The Morgan fingerprint density at radius 3 is 2.15 bits per heavy atom. The first-order chi connectivity index (χ1) is 19.8. The monoisotopic (exact) mass is 581 g/mol. The Balaban J connectivity index is 1.86. The number of nitrogens with one attached hydrogen (secondary N) is 2. The molecule has 41 heavy (non-hydrogen) atoms. The molecule has 10 heteroatoms. The molecule has 0 radical (unpaired) electrons. The van der Waals surface area contributed by atoms with Crippen molar-refractivity contribution < 1.29 is 27.5 Å². The second-order valence-electron chi connectivity index (χ2n) is 9.50. The van der Waals surface area contributed by atoms with Crippen LogP contribution >= 0.6 is 0 Å². The van der Waals surface area contributed by atoms with Crippen LogP contribution in [0.4, 0.5) is 0 Å². The lowest BCUT2D eigenvalue weighted by Gasteiger charge is -2.31. The largest absolute Gasteiger partial charge is 0.497 e. The van der Waals surface area contributed by atoms with Crippen LogP contribution in [0.1, 0.15) is 30.0 Å². The van der Waals surface area contributed by atoms with E-state index in [1.807, 2.05) is 54.6 Å². The van der Waals surface area contributed by atoms with Gasteiger partial charge in [-0.15, -0.1) is 0 Å². The fraction of sp³-hybridized carbons (Fsp3) is 0.355. The number of amides is 2. The summed E-state index contributed by atoms with van der Waals surface area (Å²) in [6.45, 7) is 2.94.